The Kier molecular flexibility index (Phi) is 7.89. The van der Waals surface area contributed by atoms with E-state index in [1.165, 1.54) is 5.56 Å². The third-order valence-corrected chi connectivity index (χ3v) is 8.17. The molecular formula is C28H31N5O3S. The van der Waals surface area contributed by atoms with E-state index in [-0.39, 0.29) is 0 Å². The molecule has 0 bridgehead atoms. The second kappa shape index (κ2) is 11.6. The van der Waals surface area contributed by atoms with Crippen molar-refractivity contribution in [2.24, 2.45) is 0 Å². The number of thioether (sulfide) groups is 1. The molecule has 8 nitrogen and oxygen atoms in total. The van der Waals surface area contributed by atoms with Crippen LogP contribution in [0, 0.1) is 0 Å². The van der Waals surface area contributed by atoms with Crippen LogP contribution in [-0.4, -0.2) is 49.7 Å². The van der Waals surface area contributed by atoms with Crippen molar-refractivity contribution in [3.63, 3.8) is 0 Å². The molecule has 0 radical (unpaired) electrons. The standard InChI is InChI=1S/C28H31N5O3S/c1-3-36-28(34)26-27(33(31-30-26)19-20-5-13-24(35-2)14-6-20)37-25-15-9-22(10-16-25)21-7-11-23(12-8-21)32-18-4-17-29-32/h4-8,11-14,17-18,22,25H,3,9-10,15-16,19H2,1-2H3. The highest BCUT2D eigenvalue weighted by Crippen LogP contribution is 2.41. The highest BCUT2D eigenvalue weighted by atomic mass is 32.2. The van der Waals surface area contributed by atoms with E-state index in [0.717, 1.165) is 47.7 Å². The van der Waals surface area contributed by atoms with Crippen LogP contribution < -0.4 is 4.74 Å². The first-order valence-corrected chi connectivity index (χ1v) is 13.5. The SMILES string of the molecule is CCOC(=O)c1nnn(Cc2ccc(OC)cc2)c1SC1CCC(c2ccc(-n3cccn3)cc2)CC1. The van der Waals surface area contributed by atoms with Gasteiger partial charge in [-0.3, -0.25) is 0 Å². The van der Waals surface area contributed by atoms with Crippen LogP contribution in [0.15, 0.2) is 72.0 Å². The lowest BCUT2D eigenvalue weighted by Gasteiger charge is -2.28. The topological polar surface area (TPSA) is 84.1 Å². The number of benzene rings is 2. The molecule has 0 saturated heterocycles. The van der Waals surface area contributed by atoms with E-state index in [0.29, 0.717) is 30.0 Å². The van der Waals surface area contributed by atoms with Crippen LogP contribution in [-0.2, 0) is 11.3 Å². The molecule has 4 aromatic rings. The zero-order chi connectivity index (χ0) is 25.6. The second-order valence-electron chi connectivity index (χ2n) is 9.10. The average Bonchev–Trinajstić information content (AvgIpc) is 3.61. The van der Waals surface area contributed by atoms with Crippen molar-refractivity contribution in [3.8, 4) is 11.4 Å². The van der Waals surface area contributed by atoms with Gasteiger partial charge >= 0.3 is 5.97 Å². The minimum absolute atomic E-state index is 0.302. The molecule has 0 unspecified atom stereocenters. The van der Waals surface area contributed by atoms with Crippen molar-refractivity contribution in [2.75, 3.05) is 13.7 Å². The number of nitrogens with zero attached hydrogens (tertiary/aromatic N) is 5. The normalized spacial score (nSPS) is 17.5. The van der Waals surface area contributed by atoms with Crippen molar-refractivity contribution in [1.82, 2.24) is 24.8 Å². The fraction of sp³-hybridized carbons (Fsp3) is 0.357. The summed E-state index contributed by atoms with van der Waals surface area (Å²) in [4.78, 5) is 12.6. The highest BCUT2D eigenvalue weighted by Gasteiger charge is 2.28. The number of rotatable bonds is 9. The number of hydrogen-bond donors (Lipinski definition) is 0. The Morgan fingerprint density at radius 3 is 2.46 bits per heavy atom. The Morgan fingerprint density at radius 1 is 1.05 bits per heavy atom. The largest absolute Gasteiger partial charge is 0.497 e. The molecule has 0 amide bonds. The van der Waals surface area contributed by atoms with Gasteiger partial charge in [0.25, 0.3) is 0 Å². The van der Waals surface area contributed by atoms with Crippen LogP contribution in [0.3, 0.4) is 0 Å². The Morgan fingerprint density at radius 2 is 1.81 bits per heavy atom. The number of carbonyl (C=O) groups is 1. The van der Waals surface area contributed by atoms with Crippen molar-refractivity contribution in [1.29, 1.82) is 0 Å². The Bertz CT molecular complexity index is 1290. The molecule has 9 heteroatoms. The number of ether oxygens (including phenoxy) is 2. The summed E-state index contributed by atoms with van der Waals surface area (Å²) < 4.78 is 14.2. The predicted molar refractivity (Wildman–Crippen MR) is 142 cm³/mol. The van der Waals surface area contributed by atoms with E-state index in [2.05, 4.69) is 39.7 Å². The molecule has 37 heavy (non-hydrogen) atoms. The lowest BCUT2D eigenvalue weighted by atomic mass is 9.84. The predicted octanol–water partition coefficient (Wildman–Crippen LogP) is 5.52. The van der Waals surface area contributed by atoms with Crippen LogP contribution in [0.4, 0.5) is 0 Å². The minimum atomic E-state index is -0.420. The zero-order valence-electron chi connectivity index (χ0n) is 21.1. The van der Waals surface area contributed by atoms with Gasteiger partial charge in [-0.1, -0.05) is 29.5 Å². The van der Waals surface area contributed by atoms with E-state index in [4.69, 9.17) is 9.47 Å². The first-order chi connectivity index (χ1) is 18.1. The van der Waals surface area contributed by atoms with Crippen molar-refractivity contribution >= 4 is 17.7 Å². The molecule has 1 saturated carbocycles. The number of carbonyl (C=O) groups excluding carboxylic acids is 1. The van der Waals surface area contributed by atoms with Crippen LogP contribution in [0.1, 0.15) is 60.1 Å². The molecule has 2 aromatic carbocycles. The van der Waals surface area contributed by atoms with Gasteiger partial charge in [-0.05, 0) is 80.0 Å². The van der Waals surface area contributed by atoms with Crippen molar-refractivity contribution in [2.45, 2.75) is 55.3 Å². The summed E-state index contributed by atoms with van der Waals surface area (Å²) in [6, 6.07) is 18.5. The van der Waals surface area contributed by atoms with Gasteiger partial charge in [0.2, 0.25) is 5.69 Å². The molecule has 0 spiro atoms. The quantitative estimate of drug-likeness (QED) is 0.271. The Hall–Kier alpha value is -3.59. The number of hydrogen-bond acceptors (Lipinski definition) is 7. The summed E-state index contributed by atoms with van der Waals surface area (Å²) in [6.07, 6.45) is 8.08. The molecule has 0 atom stereocenters. The first-order valence-electron chi connectivity index (χ1n) is 12.6. The smallest absolute Gasteiger partial charge is 0.361 e. The third-order valence-electron chi connectivity index (χ3n) is 6.74. The number of aromatic nitrogens is 5. The Labute approximate surface area is 221 Å². The maximum absolute atomic E-state index is 12.6. The molecule has 0 N–H and O–H groups in total. The van der Waals surface area contributed by atoms with Gasteiger partial charge in [0.1, 0.15) is 10.8 Å². The highest BCUT2D eigenvalue weighted by molar-refractivity contribution is 7.99. The average molecular weight is 518 g/mol. The molecule has 2 aromatic heterocycles. The Balaban J connectivity index is 1.26. The second-order valence-corrected chi connectivity index (χ2v) is 10.4. The van der Waals surface area contributed by atoms with E-state index in [1.807, 2.05) is 45.9 Å². The first kappa shape index (κ1) is 25.1. The van der Waals surface area contributed by atoms with Crippen LogP contribution in [0.25, 0.3) is 5.69 Å². The van der Waals surface area contributed by atoms with Crippen molar-refractivity contribution < 1.29 is 14.3 Å². The van der Waals surface area contributed by atoms with Gasteiger partial charge in [0, 0.05) is 17.6 Å². The molecule has 192 valence electrons. The lowest BCUT2D eigenvalue weighted by Crippen LogP contribution is -2.17. The zero-order valence-corrected chi connectivity index (χ0v) is 21.9. The fourth-order valence-corrected chi connectivity index (χ4v) is 6.03. The van der Waals surface area contributed by atoms with Gasteiger partial charge in [-0.25, -0.2) is 14.2 Å². The number of esters is 1. The summed E-state index contributed by atoms with van der Waals surface area (Å²) in [7, 11) is 1.65. The molecule has 1 aliphatic carbocycles. The van der Waals surface area contributed by atoms with Gasteiger partial charge in [-0.2, -0.15) is 5.10 Å². The minimum Gasteiger partial charge on any atom is -0.497 e. The van der Waals surface area contributed by atoms with Gasteiger partial charge < -0.3 is 9.47 Å². The van der Waals surface area contributed by atoms with E-state index in [1.54, 1.807) is 32.0 Å². The maximum atomic E-state index is 12.6. The van der Waals surface area contributed by atoms with Crippen LogP contribution >= 0.6 is 11.8 Å². The molecule has 1 aliphatic rings. The number of methoxy groups -OCH3 is 1. The van der Waals surface area contributed by atoms with E-state index in [9.17, 15) is 4.79 Å². The summed E-state index contributed by atoms with van der Waals surface area (Å²) >= 11 is 1.70. The summed E-state index contributed by atoms with van der Waals surface area (Å²) in [5.41, 5.74) is 3.81. The van der Waals surface area contributed by atoms with Gasteiger partial charge in [0.05, 0.1) is 25.9 Å². The summed E-state index contributed by atoms with van der Waals surface area (Å²) in [5, 5.41) is 14.0. The van der Waals surface area contributed by atoms with Crippen LogP contribution in [0.5, 0.6) is 5.75 Å². The van der Waals surface area contributed by atoms with E-state index < -0.39 is 5.97 Å². The monoisotopic (exact) mass is 517 g/mol. The summed E-state index contributed by atoms with van der Waals surface area (Å²) in [5.74, 6) is 0.921. The third kappa shape index (κ3) is 5.88. The fourth-order valence-electron chi connectivity index (χ4n) is 4.75. The molecule has 5 rings (SSSR count). The lowest BCUT2D eigenvalue weighted by molar-refractivity contribution is 0.0515. The molecule has 2 heterocycles. The molecule has 0 aliphatic heterocycles. The summed E-state index contributed by atoms with van der Waals surface area (Å²) in [6.45, 7) is 2.63. The van der Waals surface area contributed by atoms with Crippen LogP contribution in [0.2, 0.25) is 0 Å². The van der Waals surface area contributed by atoms with Gasteiger partial charge in [0.15, 0.2) is 0 Å². The van der Waals surface area contributed by atoms with E-state index >= 15 is 0 Å². The maximum Gasteiger partial charge on any atom is 0.361 e. The van der Waals surface area contributed by atoms with Gasteiger partial charge in [-0.15, -0.1) is 16.9 Å². The van der Waals surface area contributed by atoms with Crippen molar-refractivity contribution in [3.05, 3.63) is 83.8 Å². The molecule has 1 fully saturated rings. The molecular weight excluding hydrogens is 486 g/mol.